The fourth-order valence-electron chi connectivity index (χ4n) is 1.98. The fourth-order valence-corrected chi connectivity index (χ4v) is 2.76. The number of anilines is 1. The van der Waals surface area contributed by atoms with Crippen molar-refractivity contribution in [1.29, 1.82) is 5.26 Å². The van der Waals surface area contributed by atoms with E-state index in [9.17, 15) is 19.2 Å². The first kappa shape index (κ1) is 17.6. The Hall–Kier alpha value is -2.79. The summed E-state index contributed by atoms with van der Waals surface area (Å²) < 4.78 is 13.9. The van der Waals surface area contributed by atoms with Crippen LogP contribution in [0.15, 0.2) is 24.3 Å². The van der Waals surface area contributed by atoms with Gasteiger partial charge in [0, 0.05) is 17.9 Å². The molecule has 24 heavy (non-hydrogen) atoms. The maximum Gasteiger partial charge on any atom is 0.303 e. The maximum absolute atomic E-state index is 13.9. The van der Waals surface area contributed by atoms with E-state index in [0.29, 0.717) is 0 Å². The number of hydrogen-bond acceptors (Lipinski definition) is 5. The van der Waals surface area contributed by atoms with Crippen LogP contribution in [0.5, 0.6) is 0 Å². The number of rotatable bonds is 6. The summed E-state index contributed by atoms with van der Waals surface area (Å²) in [7, 11) is 0. The van der Waals surface area contributed by atoms with E-state index in [4.69, 9.17) is 5.11 Å². The van der Waals surface area contributed by atoms with Crippen LogP contribution in [0, 0.1) is 23.1 Å². The van der Waals surface area contributed by atoms with E-state index in [0.717, 1.165) is 11.3 Å². The van der Waals surface area contributed by atoms with E-state index in [1.165, 1.54) is 18.2 Å². The first-order chi connectivity index (χ1) is 11.4. The third kappa shape index (κ3) is 4.14. The van der Waals surface area contributed by atoms with Gasteiger partial charge in [-0.3, -0.25) is 9.59 Å². The van der Waals surface area contributed by atoms with Gasteiger partial charge in [-0.05, 0) is 18.6 Å². The molecule has 0 spiro atoms. The number of nitrogens with zero attached hydrogens (tertiary/aromatic N) is 2. The number of carbonyl (C=O) groups excluding carboxylic acids is 1. The molecule has 1 amide bonds. The highest BCUT2D eigenvalue weighted by atomic mass is 32.1. The van der Waals surface area contributed by atoms with E-state index in [1.54, 1.807) is 13.0 Å². The molecule has 0 saturated heterocycles. The van der Waals surface area contributed by atoms with Crippen LogP contribution in [0.25, 0.3) is 11.3 Å². The molecule has 1 heterocycles. The van der Waals surface area contributed by atoms with Gasteiger partial charge in [-0.2, -0.15) is 5.26 Å². The molecule has 0 aliphatic heterocycles. The third-order valence-electron chi connectivity index (χ3n) is 3.33. The Morgan fingerprint density at radius 1 is 1.46 bits per heavy atom. The normalized spacial score (nSPS) is 11.5. The van der Waals surface area contributed by atoms with Gasteiger partial charge in [0.25, 0.3) is 0 Å². The molecule has 124 valence electrons. The van der Waals surface area contributed by atoms with Gasteiger partial charge >= 0.3 is 5.97 Å². The van der Waals surface area contributed by atoms with Crippen molar-refractivity contribution in [2.45, 2.75) is 19.8 Å². The van der Waals surface area contributed by atoms with Gasteiger partial charge in [-0.25, -0.2) is 9.37 Å². The zero-order chi connectivity index (χ0) is 17.7. The quantitative estimate of drug-likeness (QED) is 0.835. The SMILES string of the molecule is C[C@@H](CCC(=O)O)C(=O)Nc1nc(-c2ccccc2F)c(C#N)s1. The standard InChI is InChI=1S/C16H14FN3O3S/c1-9(6-7-13(21)22)15(23)20-16-19-14(12(8-18)24-16)10-4-2-3-5-11(10)17/h2-5,9H,6-7H2,1H3,(H,21,22)(H,19,20,23)/t9-/m0/s1. The average molecular weight is 347 g/mol. The highest BCUT2D eigenvalue weighted by Crippen LogP contribution is 2.32. The minimum atomic E-state index is -0.975. The zero-order valence-electron chi connectivity index (χ0n) is 12.7. The summed E-state index contributed by atoms with van der Waals surface area (Å²) in [6.45, 7) is 1.61. The van der Waals surface area contributed by atoms with Crippen molar-refractivity contribution in [2.75, 3.05) is 5.32 Å². The second-order valence-electron chi connectivity index (χ2n) is 5.11. The summed E-state index contributed by atoms with van der Waals surface area (Å²) in [6.07, 6.45) is 0.0776. The summed E-state index contributed by atoms with van der Waals surface area (Å²) in [4.78, 5) is 26.9. The Balaban J connectivity index is 2.19. The number of carbonyl (C=O) groups is 2. The summed E-state index contributed by atoms with van der Waals surface area (Å²) >= 11 is 0.946. The molecular weight excluding hydrogens is 333 g/mol. The number of thiazole rings is 1. The molecule has 0 aliphatic rings. The van der Waals surface area contributed by atoms with Crippen LogP contribution in [0.1, 0.15) is 24.6 Å². The molecule has 0 bridgehead atoms. The molecule has 1 aromatic carbocycles. The topological polar surface area (TPSA) is 103 Å². The number of halogens is 1. The number of nitrogens with one attached hydrogen (secondary N) is 1. The van der Waals surface area contributed by atoms with Crippen LogP contribution in [0.4, 0.5) is 9.52 Å². The van der Waals surface area contributed by atoms with Crippen molar-refractivity contribution in [3.63, 3.8) is 0 Å². The second kappa shape index (κ2) is 7.66. The Bertz CT molecular complexity index is 813. The number of aliphatic carboxylic acids is 1. The predicted molar refractivity (Wildman–Crippen MR) is 86.9 cm³/mol. The molecule has 0 aliphatic carbocycles. The first-order valence-corrected chi connectivity index (χ1v) is 7.92. The molecular formula is C16H14FN3O3S. The van der Waals surface area contributed by atoms with Gasteiger partial charge in [-0.15, -0.1) is 0 Å². The van der Waals surface area contributed by atoms with E-state index in [-0.39, 0.29) is 34.1 Å². The lowest BCUT2D eigenvalue weighted by Crippen LogP contribution is -2.21. The smallest absolute Gasteiger partial charge is 0.303 e. The molecule has 0 unspecified atom stereocenters. The lowest BCUT2D eigenvalue weighted by molar-refractivity contribution is -0.137. The minimum Gasteiger partial charge on any atom is -0.481 e. The average Bonchev–Trinajstić information content (AvgIpc) is 2.95. The van der Waals surface area contributed by atoms with Crippen LogP contribution < -0.4 is 5.32 Å². The minimum absolute atomic E-state index is 0.115. The summed E-state index contributed by atoms with van der Waals surface area (Å²) in [5.74, 6) is -2.40. The van der Waals surface area contributed by atoms with Crippen LogP contribution >= 0.6 is 11.3 Å². The molecule has 1 aromatic heterocycles. The van der Waals surface area contributed by atoms with Gasteiger partial charge in [-0.1, -0.05) is 30.4 Å². The number of hydrogen-bond donors (Lipinski definition) is 2. The number of carboxylic acid groups (broad SMARTS) is 1. The number of aromatic nitrogens is 1. The molecule has 8 heteroatoms. The van der Waals surface area contributed by atoms with E-state index in [1.807, 2.05) is 6.07 Å². The summed E-state index contributed by atoms with van der Waals surface area (Å²) in [5.41, 5.74) is 0.360. The Labute approximate surface area is 141 Å². The Morgan fingerprint density at radius 2 is 2.17 bits per heavy atom. The van der Waals surface area contributed by atoms with Crippen LogP contribution in [-0.2, 0) is 9.59 Å². The zero-order valence-corrected chi connectivity index (χ0v) is 13.6. The molecule has 2 aromatic rings. The van der Waals surface area contributed by atoms with Crippen molar-refractivity contribution in [3.8, 4) is 17.3 Å². The summed E-state index contributed by atoms with van der Waals surface area (Å²) in [6, 6.07) is 7.88. The highest BCUT2D eigenvalue weighted by molar-refractivity contribution is 7.16. The van der Waals surface area contributed by atoms with Crippen molar-refractivity contribution < 1.29 is 19.1 Å². The van der Waals surface area contributed by atoms with Crippen LogP contribution in [0.3, 0.4) is 0 Å². The second-order valence-corrected chi connectivity index (χ2v) is 6.11. The molecule has 6 nitrogen and oxygen atoms in total. The van der Waals surface area contributed by atoms with Crippen molar-refractivity contribution in [3.05, 3.63) is 35.0 Å². The summed E-state index contributed by atoms with van der Waals surface area (Å²) in [5, 5.41) is 20.6. The molecule has 2 N–H and O–H groups in total. The Morgan fingerprint density at radius 3 is 2.79 bits per heavy atom. The fraction of sp³-hybridized carbons (Fsp3) is 0.250. The largest absolute Gasteiger partial charge is 0.481 e. The molecule has 2 rings (SSSR count). The maximum atomic E-state index is 13.9. The lowest BCUT2D eigenvalue weighted by Gasteiger charge is -2.08. The number of nitriles is 1. The number of amides is 1. The van der Waals surface area contributed by atoms with Crippen LogP contribution in [0.2, 0.25) is 0 Å². The van der Waals surface area contributed by atoms with Crippen LogP contribution in [-0.4, -0.2) is 22.0 Å². The lowest BCUT2D eigenvalue weighted by atomic mass is 10.1. The number of benzene rings is 1. The van der Waals surface area contributed by atoms with Gasteiger partial charge in [0.1, 0.15) is 22.5 Å². The van der Waals surface area contributed by atoms with E-state index >= 15 is 0 Å². The molecule has 1 atom stereocenters. The number of carboxylic acids is 1. The Kier molecular flexibility index (Phi) is 5.60. The monoisotopic (exact) mass is 347 g/mol. The van der Waals surface area contributed by atoms with Gasteiger partial charge < -0.3 is 10.4 Å². The third-order valence-corrected chi connectivity index (χ3v) is 4.20. The molecule has 0 fully saturated rings. The van der Waals surface area contributed by atoms with Gasteiger partial charge in [0.15, 0.2) is 5.13 Å². The van der Waals surface area contributed by atoms with Gasteiger partial charge in [0.2, 0.25) is 5.91 Å². The van der Waals surface area contributed by atoms with Crippen molar-refractivity contribution >= 4 is 28.3 Å². The highest BCUT2D eigenvalue weighted by Gasteiger charge is 2.20. The van der Waals surface area contributed by atoms with E-state index < -0.39 is 23.6 Å². The van der Waals surface area contributed by atoms with Crippen molar-refractivity contribution in [1.82, 2.24) is 4.98 Å². The first-order valence-electron chi connectivity index (χ1n) is 7.11. The van der Waals surface area contributed by atoms with Gasteiger partial charge in [0.05, 0.1) is 0 Å². The molecule has 0 radical (unpaired) electrons. The molecule has 0 saturated carbocycles. The predicted octanol–water partition coefficient (Wildman–Crippen LogP) is 3.26. The van der Waals surface area contributed by atoms with Crippen molar-refractivity contribution in [2.24, 2.45) is 5.92 Å². The van der Waals surface area contributed by atoms with E-state index in [2.05, 4.69) is 10.3 Å².